The van der Waals surface area contributed by atoms with Gasteiger partial charge in [-0.25, -0.2) is 0 Å². The molecule has 0 aromatic heterocycles. The minimum Gasteiger partial charge on any atom is -0.491 e. The van der Waals surface area contributed by atoms with Gasteiger partial charge in [-0.2, -0.15) is 0 Å². The summed E-state index contributed by atoms with van der Waals surface area (Å²) in [4.78, 5) is 1.57. The largest absolute Gasteiger partial charge is 0.491 e. The Balaban J connectivity index is 1.64. The molecule has 1 aromatic carbocycles. The maximum atomic E-state index is 5.87. The second-order valence-corrected chi connectivity index (χ2v) is 6.83. The Morgan fingerprint density at radius 1 is 1.18 bits per heavy atom. The van der Waals surface area contributed by atoms with Gasteiger partial charge in [0.15, 0.2) is 0 Å². The summed E-state index contributed by atoms with van der Waals surface area (Å²) in [6.45, 7) is 11.4. The molecule has 0 aliphatic carbocycles. The van der Waals surface area contributed by atoms with Crippen LogP contribution in [0.1, 0.15) is 25.3 Å². The average Bonchev–Trinajstić information content (AvgIpc) is 2.52. The Kier molecular flexibility index (Phi) is 7.66. The first-order valence-electron chi connectivity index (χ1n) is 8.08. The number of ether oxygens (including phenoxy) is 3. The van der Waals surface area contributed by atoms with Crippen molar-refractivity contribution in [2.75, 3.05) is 52.7 Å². The molecule has 5 heteroatoms. The fraction of sp³-hybridized carbons (Fsp3) is 0.647. The van der Waals surface area contributed by atoms with Gasteiger partial charge in [-0.15, -0.1) is 0 Å². The van der Waals surface area contributed by atoms with Crippen LogP contribution in [-0.4, -0.2) is 52.7 Å². The monoisotopic (exact) mass is 372 g/mol. The molecule has 1 N–H and O–H groups in total. The highest BCUT2D eigenvalue weighted by Crippen LogP contribution is 2.29. The zero-order valence-corrected chi connectivity index (χ0v) is 15.2. The van der Waals surface area contributed by atoms with E-state index in [9.17, 15) is 0 Å². The smallest absolute Gasteiger partial charge is 0.122 e. The third-order valence-corrected chi connectivity index (χ3v) is 4.37. The molecule has 22 heavy (non-hydrogen) atoms. The molecule has 0 saturated carbocycles. The standard InChI is InChI=1S/C17H26BrNO3/c1-14(2)16-13-15(18)3-4-17(16)22-12-11-21-10-7-19-5-8-20-9-6-19/h3-4,13-14H,5-12H2,1-2H3/p+1. The van der Waals surface area contributed by atoms with E-state index in [1.165, 1.54) is 5.56 Å². The van der Waals surface area contributed by atoms with Gasteiger partial charge in [0.1, 0.15) is 32.0 Å². The number of rotatable bonds is 8. The molecule has 124 valence electrons. The topological polar surface area (TPSA) is 32.1 Å². The minimum atomic E-state index is 0.443. The zero-order chi connectivity index (χ0) is 15.8. The third kappa shape index (κ3) is 5.88. The van der Waals surface area contributed by atoms with Crippen LogP contribution >= 0.6 is 15.9 Å². The number of morpholine rings is 1. The minimum absolute atomic E-state index is 0.443. The molecule has 1 saturated heterocycles. The lowest BCUT2D eigenvalue weighted by Gasteiger charge is -2.23. The Hall–Kier alpha value is -0.620. The average molecular weight is 373 g/mol. The van der Waals surface area contributed by atoms with E-state index in [0.29, 0.717) is 19.1 Å². The maximum Gasteiger partial charge on any atom is 0.122 e. The fourth-order valence-electron chi connectivity index (χ4n) is 2.54. The predicted molar refractivity (Wildman–Crippen MR) is 90.9 cm³/mol. The van der Waals surface area contributed by atoms with Crippen molar-refractivity contribution in [2.24, 2.45) is 0 Å². The SMILES string of the molecule is CC(C)c1cc(Br)ccc1OCCOCC[NH+]1CCOCC1. The molecular formula is C17H27BrNO3+. The van der Waals surface area contributed by atoms with Crippen molar-refractivity contribution in [3.63, 3.8) is 0 Å². The normalized spacial score (nSPS) is 16.2. The molecular weight excluding hydrogens is 346 g/mol. The summed E-state index contributed by atoms with van der Waals surface area (Å²) in [7, 11) is 0. The highest BCUT2D eigenvalue weighted by Gasteiger charge is 2.13. The lowest BCUT2D eigenvalue weighted by molar-refractivity contribution is -0.908. The molecule has 0 bridgehead atoms. The molecule has 4 nitrogen and oxygen atoms in total. The van der Waals surface area contributed by atoms with Gasteiger partial charge in [0.2, 0.25) is 0 Å². The summed E-state index contributed by atoms with van der Waals surface area (Å²) in [5, 5.41) is 0. The third-order valence-electron chi connectivity index (χ3n) is 3.88. The molecule has 2 rings (SSSR count). The summed E-state index contributed by atoms with van der Waals surface area (Å²) in [6, 6.07) is 6.17. The highest BCUT2D eigenvalue weighted by atomic mass is 79.9. The van der Waals surface area contributed by atoms with Gasteiger partial charge in [-0.05, 0) is 29.7 Å². The van der Waals surface area contributed by atoms with Crippen molar-refractivity contribution in [1.82, 2.24) is 0 Å². The van der Waals surface area contributed by atoms with Crippen LogP contribution in [0.2, 0.25) is 0 Å². The van der Waals surface area contributed by atoms with Crippen molar-refractivity contribution in [2.45, 2.75) is 19.8 Å². The maximum absolute atomic E-state index is 5.87. The van der Waals surface area contributed by atoms with E-state index in [2.05, 4.69) is 35.8 Å². The van der Waals surface area contributed by atoms with Crippen LogP contribution in [0.5, 0.6) is 5.75 Å². The molecule has 0 spiro atoms. The number of quaternary nitrogens is 1. The summed E-state index contributed by atoms with van der Waals surface area (Å²) in [5.74, 6) is 1.40. The summed E-state index contributed by atoms with van der Waals surface area (Å²) < 4.78 is 18.0. The molecule has 1 aliphatic heterocycles. The fourth-order valence-corrected chi connectivity index (χ4v) is 2.92. The Morgan fingerprint density at radius 2 is 1.95 bits per heavy atom. The highest BCUT2D eigenvalue weighted by molar-refractivity contribution is 9.10. The van der Waals surface area contributed by atoms with E-state index in [0.717, 1.165) is 49.7 Å². The van der Waals surface area contributed by atoms with Crippen LogP contribution in [-0.2, 0) is 9.47 Å². The van der Waals surface area contributed by atoms with Crippen molar-refractivity contribution in [3.8, 4) is 5.75 Å². The lowest BCUT2D eigenvalue weighted by atomic mass is 10.0. The molecule has 1 aliphatic rings. The van der Waals surface area contributed by atoms with Crippen molar-refractivity contribution < 1.29 is 19.1 Å². The molecule has 0 unspecified atom stereocenters. The van der Waals surface area contributed by atoms with E-state index in [1.54, 1.807) is 4.90 Å². The van der Waals surface area contributed by atoms with Gasteiger partial charge >= 0.3 is 0 Å². The summed E-state index contributed by atoms with van der Waals surface area (Å²) in [6.07, 6.45) is 0. The van der Waals surface area contributed by atoms with E-state index in [-0.39, 0.29) is 0 Å². The number of halogens is 1. The first kappa shape index (κ1) is 17.7. The van der Waals surface area contributed by atoms with Crippen molar-refractivity contribution in [3.05, 3.63) is 28.2 Å². The second kappa shape index (κ2) is 9.50. The van der Waals surface area contributed by atoms with E-state index < -0.39 is 0 Å². The van der Waals surface area contributed by atoms with E-state index >= 15 is 0 Å². The lowest BCUT2D eigenvalue weighted by Crippen LogP contribution is -3.14. The Labute approximate surface area is 141 Å². The van der Waals surface area contributed by atoms with Gasteiger partial charge in [-0.3, -0.25) is 0 Å². The van der Waals surface area contributed by atoms with E-state index in [1.807, 2.05) is 12.1 Å². The quantitative estimate of drug-likeness (QED) is 0.707. The van der Waals surface area contributed by atoms with Crippen LogP contribution < -0.4 is 9.64 Å². The number of hydrogen-bond acceptors (Lipinski definition) is 3. The van der Waals surface area contributed by atoms with Crippen molar-refractivity contribution in [1.29, 1.82) is 0 Å². The molecule has 1 aromatic rings. The van der Waals surface area contributed by atoms with Crippen molar-refractivity contribution >= 4 is 15.9 Å². The van der Waals surface area contributed by atoms with Gasteiger partial charge in [0.25, 0.3) is 0 Å². The number of hydrogen-bond donors (Lipinski definition) is 1. The number of nitrogens with one attached hydrogen (secondary N) is 1. The van der Waals surface area contributed by atoms with Crippen LogP contribution in [0.25, 0.3) is 0 Å². The predicted octanol–water partition coefficient (Wildman–Crippen LogP) is 1.88. The zero-order valence-electron chi connectivity index (χ0n) is 13.6. The van der Waals surface area contributed by atoms with Crippen LogP contribution in [0.15, 0.2) is 22.7 Å². The van der Waals surface area contributed by atoms with Crippen LogP contribution in [0.4, 0.5) is 0 Å². The van der Waals surface area contributed by atoms with Crippen LogP contribution in [0, 0.1) is 0 Å². The summed E-state index contributed by atoms with van der Waals surface area (Å²) >= 11 is 3.51. The van der Waals surface area contributed by atoms with Gasteiger partial charge < -0.3 is 19.1 Å². The Bertz CT molecular complexity index is 448. The molecule has 0 amide bonds. The van der Waals surface area contributed by atoms with Crippen LogP contribution in [0.3, 0.4) is 0 Å². The second-order valence-electron chi connectivity index (χ2n) is 5.91. The molecule has 0 atom stereocenters. The van der Waals surface area contributed by atoms with Gasteiger partial charge in [0.05, 0.1) is 26.4 Å². The molecule has 1 fully saturated rings. The number of benzene rings is 1. The first-order chi connectivity index (χ1) is 10.7. The molecule has 0 radical (unpaired) electrons. The molecule has 1 heterocycles. The summed E-state index contributed by atoms with van der Waals surface area (Å²) in [5.41, 5.74) is 1.23. The van der Waals surface area contributed by atoms with Gasteiger partial charge in [0, 0.05) is 4.47 Å². The van der Waals surface area contributed by atoms with Gasteiger partial charge in [-0.1, -0.05) is 29.8 Å². The first-order valence-corrected chi connectivity index (χ1v) is 8.87. The van der Waals surface area contributed by atoms with E-state index in [4.69, 9.17) is 14.2 Å². The Morgan fingerprint density at radius 3 is 2.68 bits per heavy atom.